The standard InChI is InChI=1S/C11H12N4/c1-7-2-3-9-10(4-7)12-5-8-6-13-15-11(8)14-9/h2-4,6,12H,5H2,1H3,(H2,13,14,15). The molecule has 0 bridgehead atoms. The molecule has 3 N–H and O–H groups in total. The molecule has 1 aliphatic rings. The first-order valence-corrected chi connectivity index (χ1v) is 4.97. The van der Waals surface area contributed by atoms with Crippen LogP contribution in [0.3, 0.4) is 0 Å². The molecule has 3 rings (SSSR count). The van der Waals surface area contributed by atoms with Crippen molar-refractivity contribution in [2.75, 3.05) is 10.6 Å². The maximum absolute atomic E-state index is 4.01. The SMILES string of the molecule is Cc1ccc2c(c1)NCc1cn[nH]c1N2. The van der Waals surface area contributed by atoms with E-state index in [9.17, 15) is 0 Å². The van der Waals surface area contributed by atoms with E-state index in [0.29, 0.717) is 0 Å². The highest BCUT2D eigenvalue weighted by Crippen LogP contribution is 2.30. The van der Waals surface area contributed by atoms with E-state index < -0.39 is 0 Å². The Kier molecular flexibility index (Phi) is 1.68. The van der Waals surface area contributed by atoms with Gasteiger partial charge < -0.3 is 10.6 Å². The number of hydrogen-bond donors (Lipinski definition) is 3. The molecule has 4 heteroatoms. The van der Waals surface area contributed by atoms with Gasteiger partial charge in [0.2, 0.25) is 0 Å². The Morgan fingerprint density at radius 3 is 3.13 bits per heavy atom. The molecule has 1 aromatic carbocycles. The number of aromatic nitrogens is 2. The van der Waals surface area contributed by atoms with Crippen molar-refractivity contribution < 1.29 is 0 Å². The van der Waals surface area contributed by atoms with E-state index in [1.807, 2.05) is 6.20 Å². The molecule has 1 aliphatic heterocycles. The lowest BCUT2D eigenvalue weighted by molar-refractivity contribution is 1.09. The number of aromatic amines is 1. The summed E-state index contributed by atoms with van der Waals surface area (Å²) in [5.41, 5.74) is 4.64. The average molecular weight is 200 g/mol. The Morgan fingerprint density at radius 1 is 1.27 bits per heavy atom. The summed E-state index contributed by atoms with van der Waals surface area (Å²) in [6.07, 6.45) is 1.84. The van der Waals surface area contributed by atoms with Crippen LogP contribution in [-0.4, -0.2) is 10.2 Å². The van der Waals surface area contributed by atoms with Gasteiger partial charge in [-0.05, 0) is 24.6 Å². The van der Waals surface area contributed by atoms with Crippen molar-refractivity contribution in [3.8, 4) is 0 Å². The van der Waals surface area contributed by atoms with Crippen LogP contribution < -0.4 is 10.6 Å². The summed E-state index contributed by atoms with van der Waals surface area (Å²) in [6.45, 7) is 2.89. The van der Waals surface area contributed by atoms with Crippen LogP contribution in [0.2, 0.25) is 0 Å². The first-order chi connectivity index (χ1) is 7.33. The molecule has 2 heterocycles. The van der Waals surface area contributed by atoms with Crippen LogP contribution in [0.4, 0.5) is 17.2 Å². The van der Waals surface area contributed by atoms with E-state index in [2.05, 4.69) is 46.0 Å². The first-order valence-electron chi connectivity index (χ1n) is 4.97. The summed E-state index contributed by atoms with van der Waals surface area (Å²) in [4.78, 5) is 0. The maximum atomic E-state index is 4.01. The van der Waals surface area contributed by atoms with Gasteiger partial charge in [-0.1, -0.05) is 6.07 Å². The molecule has 0 spiro atoms. The normalized spacial score (nSPS) is 13.1. The minimum absolute atomic E-state index is 0.801. The number of anilines is 3. The molecule has 0 aliphatic carbocycles. The van der Waals surface area contributed by atoms with Crippen LogP contribution in [-0.2, 0) is 6.54 Å². The van der Waals surface area contributed by atoms with Crippen molar-refractivity contribution >= 4 is 17.2 Å². The number of benzene rings is 1. The smallest absolute Gasteiger partial charge is 0.130 e. The van der Waals surface area contributed by atoms with Crippen LogP contribution >= 0.6 is 0 Å². The molecular weight excluding hydrogens is 188 g/mol. The maximum Gasteiger partial charge on any atom is 0.130 e. The predicted molar refractivity (Wildman–Crippen MR) is 60.4 cm³/mol. The van der Waals surface area contributed by atoms with Gasteiger partial charge in [-0.15, -0.1) is 0 Å². The van der Waals surface area contributed by atoms with E-state index in [-0.39, 0.29) is 0 Å². The Bertz CT molecular complexity index is 501. The average Bonchev–Trinajstić information content (AvgIpc) is 2.59. The highest BCUT2D eigenvalue weighted by molar-refractivity contribution is 5.76. The third kappa shape index (κ3) is 1.34. The number of nitrogens with one attached hydrogen (secondary N) is 3. The second-order valence-electron chi connectivity index (χ2n) is 3.80. The van der Waals surface area contributed by atoms with Crippen molar-refractivity contribution in [2.24, 2.45) is 0 Å². The molecule has 76 valence electrons. The van der Waals surface area contributed by atoms with Gasteiger partial charge in [-0.2, -0.15) is 5.10 Å². The zero-order valence-corrected chi connectivity index (χ0v) is 8.46. The molecule has 2 aromatic rings. The van der Waals surface area contributed by atoms with Crippen LogP contribution in [0.1, 0.15) is 11.1 Å². The van der Waals surface area contributed by atoms with Crippen molar-refractivity contribution in [1.29, 1.82) is 0 Å². The zero-order valence-electron chi connectivity index (χ0n) is 8.46. The summed E-state index contributed by atoms with van der Waals surface area (Å²) in [6, 6.07) is 6.31. The Balaban J connectivity index is 2.08. The quantitative estimate of drug-likeness (QED) is 0.612. The second kappa shape index (κ2) is 3.02. The van der Waals surface area contributed by atoms with E-state index in [1.165, 1.54) is 5.56 Å². The number of hydrogen-bond acceptors (Lipinski definition) is 3. The number of H-pyrrole nitrogens is 1. The Labute approximate surface area is 87.7 Å². The van der Waals surface area contributed by atoms with E-state index in [4.69, 9.17) is 0 Å². The van der Waals surface area contributed by atoms with E-state index >= 15 is 0 Å². The fraction of sp³-hybridized carbons (Fsp3) is 0.182. The Hall–Kier alpha value is -1.97. The first kappa shape index (κ1) is 8.35. The molecule has 0 saturated carbocycles. The van der Waals surface area contributed by atoms with Gasteiger partial charge >= 0.3 is 0 Å². The molecule has 4 nitrogen and oxygen atoms in total. The van der Waals surface area contributed by atoms with Gasteiger partial charge in [0.05, 0.1) is 17.6 Å². The molecule has 15 heavy (non-hydrogen) atoms. The summed E-state index contributed by atoms with van der Waals surface area (Å²) in [7, 11) is 0. The second-order valence-corrected chi connectivity index (χ2v) is 3.80. The summed E-state index contributed by atoms with van der Waals surface area (Å²) in [5.74, 6) is 0.977. The van der Waals surface area contributed by atoms with E-state index in [1.54, 1.807) is 0 Å². The zero-order chi connectivity index (χ0) is 10.3. The lowest BCUT2D eigenvalue weighted by Gasteiger charge is -2.08. The number of aryl methyl sites for hydroxylation is 1. The fourth-order valence-electron chi connectivity index (χ4n) is 1.79. The summed E-state index contributed by atoms with van der Waals surface area (Å²) in [5, 5.41) is 13.7. The van der Waals surface area contributed by atoms with Gasteiger partial charge in [0.1, 0.15) is 5.82 Å². The van der Waals surface area contributed by atoms with Crippen LogP contribution in [0.15, 0.2) is 24.4 Å². The van der Waals surface area contributed by atoms with Gasteiger partial charge in [-0.25, -0.2) is 0 Å². The predicted octanol–water partition coefficient (Wildman–Crippen LogP) is 2.39. The number of nitrogens with zero attached hydrogens (tertiary/aromatic N) is 1. The highest BCUT2D eigenvalue weighted by Gasteiger charge is 2.12. The fourth-order valence-corrected chi connectivity index (χ4v) is 1.79. The molecular formula is C11H12N4. The van der Waals surface area contributed by atoms with Gasteiger partial charge in [0.25, 0.3) is 0 Å². The summed E-state index contributed by atoms with van der Waals surface area (Å²) >= 11 is 0. The van der Waals surface area contributed by atoms with Crippen molar-refractivity contribution in [1.82, 2.24) is 10.2 Å². The topological polar surface area (TPSA) is 52.7 Å². The number of rotatable bonds is 0. The van der Waals surface area contributed by atoms with Crippen molar-refractivity contribution in [3.05, 3.63) is 35.5 Å². The van der Waals surface area contributed by atoms with Gasteiger partial charge in [-0.3, -0.25) is 5.10 Å². The third-order valence-electron chi connectivity index (χ3n) is 2.62. The largest absolute Gasteiger partial charge is 0.379 e. The minimum Gasteiger partial charge on any atom is -0.379 e. The minimum atomic E-state index is 0.801. The molecule has 0 amide bonds. The van der Waals surface area contributed by atoms with Crippen LogP contribution in [0.5, 0.6) is 0 Å². The molecule has 1 aromatic heterocycles. The van der Waals surface area contributed by atoms with Gasteiger partial charge in [0, 0.05) is 12.1 Å². The highest BCUT2D eigenvalue weighted by atomic mass is 15.2. The molecule has 0 unspecified atom stereocenters. The lowest BCUT2D eigenvalue weighted by atomic mass is 10.2. The lowest BCUT2D eigenvalue weighted by Crippen LogP contribution is -1.96. The molecule has 0 atom stereocenters. The van der Waals surface area contributed by atoms with Gasteiger partial charge in [0.15, 0.2) is 0 Å². The van der Waals surface area contributed by atoms with Crippen LogP contribution in [0, 0.1) is 6.92 Å². The third-order valence-corrected chi connectivity index (χ3v) is 2.62. The Morgan fingerprint density at radius 2 is 2.20 bits per heavy atom. The molecule has 0 fully saturated rings. The monoisotopic (exact) mass is 200 g/mol. The van der Waals surface area contributed by atoms with Crippen LogP contribution in [0.25, 0.3) is 0 Å². The summed E-state index contributed by atoms with van der Waals surface area (Å²) < 4.78 is 0. The van der Waals surface area contributed by atoms with Crippen molar-refractivity contribution in [3.63, 3.8) is 0 Å². The number of fused-ring (bicyclic) bond motifs is 2. The molecule has 0 saturated heterocycles. The van der Waals surface area contributed by atoms with Crippen molar-refractivity contribution in [2.45, 2.75) is 13.5 Å². The van der Waals surface area contributed by atoms with E-state index in [0.717, 1.165) is 29.3 Å². The molecule has 0 radical (unpaired) electrons.